The Hall–Kier alpha value is -1.47. The van der Waals surface area contributed by atoms with Gasteiger partial charge in [0.05, 0.1) is 5.69 Å². The molecular weight excluding hydrogens is 265 g/mol. The molecule has 0 aliphatic heterocycles. The molecule has 1 N–H and O–H groups in total. The van der Waals surface area contributed by atoms with Crippen molar-refractivity contribution in [3.8, 4) is 0 Å². The average molecular weight is 274 g/mol. The van der Waals surface area contributed by atoms with Crippen LogP contribution in [0.3, 0.4) is 0 Å². The van der Waals surface area contributed by atoms with Crippen LogP contribution in [0.5, 0.6) is 0 Å². The van der Waals surface area contributed by atoms with E-state index in [0.29, 0.717) is 12.1 Å². The zero-order valence-electron chi connectivity index (χ0n) is 9.05. The first-order valence-corrected chi connectivity index (χ1v) is 5.93. The highest BCUT2D eigenvalue weighted by Crippen LogP contribution is 2.34. The minimum absolute atomic E-state index is 0.327. The summed E-state index contributed by atoms with van der Waals surface area (Å²) in [6.45, 7) is 0. The fourth-order valence-electron chi connectivity index (χ4n) is 1.38. The van der Waals surface area contributed by atoms with Crippen LogP contribution < -0.4 is 0 Å². The maximum Gasteiger partial charge on any atom is 0.420 e. The van der Waals surface area contributed by atoms with Gasteiger partial charge in [-0.2, -0.15) is 13.2 Å². The van der Waals surface area contributed by atoms with Crippen LogP contribution in [0.1, 0.15) is 22.4 Å². The summed E-state index contributed by atoms with van der Waals surface area (Å²) in [6.07, 6.45) is -3.55. The van der Waals surface area contributed by atoms with Crippen molar-refractivity contribution in [2.45, 2.75) is 18.7 Å². The molecule has 0 aromatic carbocycles. The molecule has 0 spiro atoms. The maximum atomic E-state index is 12.3. The first-order valence-electron chi connectivity index (χ1n) is 5.05. The monoisotopic (exact) mass is 274 g/mol. The molecule has 7 heteroatoms. The van der Waals surface area contributed by atoms with E-state index in [4.69, 9.17) is 5.11 Å². The standard InChI is InChI=1S/C11H9F3N2OS/c12-11(13,14)9(17)10-16-8(6-18-10)5-7-1-3-15-4-2-7/h1-4,6,9,17H,5H2. The van der Waals surface area contributed by atoms with E-state index in [2.05, 4.69) is 9.97 Å². The van der Waals surface area contributed by atoms with Gasteiger partial charge in [-0.1, -0.05) is 0 Å². The summed E-state index contributed by atoms with van der Waals surface area (Å²) in [4.78, 5) is 7.65. The van der Waals surface area contributed by atoms with E-state index in [0.717, 1.165) is 16.9 Å². The topological polar surface area (TPSA) is 46.0 Å². The van der Waals surface area contributed by atoms with Gasteiger partial charge in [0, 0.05) is 24.2 Å². The molecule has 2 aromatic rings. The van der Waals surface area contributed by atoms with Gasteiger partial charge < -0.3 is 5.11 Å². The predicted octanol–water partition coefficient (Wildman–Crippen LogP) is 2.72. The third kappa shape index (κ3) is 3.05. The van der Waals surface area contributed by atoms with Crippen molar-refractivity contribution in [2.24, 2.45) is 0 Å². The van der Waals surface area contributed by atoms with Gasteiger partial charge in [0.25, 0.3) is 0 Å². The fourth-order valence-corrected chi connectivity index (χ4v) is 2.20. The molecule has 96 valence electrons. The number of rotatable bonds is 3. The van der Waals surface area contributed by atoms with E-state index in [1.807, 2.05) is 0 Å². The lowest BCUT2D eigenvalue weighted by Gasteiger charge is -2.10. The molecule has 0 fully saturated rings. The number of alkyl halides is 3. The van der Waals surface area contributed by atoms with Crippen molar-refractivity contribution < 1.29 is 18.3 Å². The first kappa shape index (κ1) is 13.0. The number of aromatic nitrogens is 2. The lowest BCUT2D eigenvalue weighted by Crippen LogP contribution is -2.20. The van der Waals surface area contributed by atoms with Crippen molar-refractivity contribution in [2.75, 3.05) is 0 Å². The predicted molar refractivity (Wildman–Crippen MR) is 60.2 cm³/mol. The Morgan fingerprint density at radius 2 is 1.94 bits per heavy atom. The van der Waals surface area contributed by atoms with E-state index in [-0.39, 0.29) is 5.01 Å². The summed E-state index contributed by atoms with van der Waals surface area (Å²) in [6, 6.07) is 3.53. The zero-order valence-corrected chi connectivity index (χ0v) is 9.87. The SMILES string of the molecule is OC(c1nc(Cc2ccncc2)cs1)C(F)(F)F. The smallest absolute Gasteiger partial charge is 0.377 e. The number of aliphatic hydroxyl groups is 1. The van der Waals surface area contributed by atoms with Gasteiger partial charge >= 0.3 is 6.18 Å². The second-order valence-electron chi connectivity index (χ2n) is 3.65. The third-order valence-corrected chi connectivity index (χ3v) is 3.19. The van der Waals surface area contributed by atoms with Gasteiger partial charge in [-0.15, -0.1) is 11.3 Å². The quantitative estimate of drug-likeness (QED) is 0.936. The van der Waals surface area contributed by atoms with Gasteiger partial charge in [-0.3, -0.25) is 4.98 Å². The Morgan fingerprint density at radius 3 is 2.56 bits per heavy atom. The molecule has 2 rings (SSSR count). The minimum Gasteiger partial charge on any atom is -0.377 e. The molecule has 2 heterocycles. The molecule has 0 amide bonds. The van der Waals surface area contributed by atoms with E-state index < -0.39 is 12.3 Å². The van der Waals surface area contributed by atoms with Gasteiger partial charge in [-0.05, 0) is 17.7 Å². The molecule has 3 nitrogen and oxygen atoms in total. The van der Waals surface area contributed by atoms with E-state index in [1.54, 1.807) is 24.5 Å². The van der Waals surface area contributed by atoms with Crippen molar-refractivity contribution in [1.82, 2.24) is 9.97 Å². The number of hydrogen-bond donors (Lipinski definition) is 1. The highest BCUT2D eigenvalue weighted by molar-refractivity contribution is 7.09. The number of halogens is 3. The number of pyridine rings is 1. The van der Waals surface area contributed by atoms with Crippen molar-refractivity contribution >= 4 is 11.3 Å². The lowest BCUT2D eigenvalue weighted by atomic mass is 10.2. The van der Waals surface area contributed by atoms with Crippen LogP contribution in [0.15, 0.2) is 29.9 Å². The van der Waals surface area contributed by atoms with Crippen LogP contribution in [0.4, 0.5) is 13.2 Å². The molecule has 1 atom stereocenters. The molecule has 0 saturated carbocycles. The molecule has 2 aromatic heterocycles. The largest absolute Gasteiger partial charge is 0.420 e. The Labute approximate surface area is 105 Å². The molecule has 0 aliphatic rings. The number of nitrogens with zero attached hydrogens (tertiary/aromatic N) is 2. The summed E-state index contributed by atoms with van der Waals surface area (Å²) in [5.41, 5.74) is 1.41. The Kier molecular flexibility index (Phi) is 3.63. The summed E-state index contributed by atoms with van der Waals surface area (Å²) >= 11 is 0.807. The van der Waals surface area contributed by atoms with Crippen LogP contribution in [0.25, 0.3) is 0 Å². The summed E-state index contributed by atoms with van der Waals surface area (Å²) < 4.78 is 36.8. The van der Waals surface area contributed by atoms with Crippen molar-refractivity contribution in [1.29, 1.82) is 0 Å². The number of hydrogen-bond acceptors (Lipinski definition) is 4. The second kappa shape index (κ2) is 5.03. The Morgan fingerprint density at radius 1 is 1.28 bits per heavy atom. The maximum absolute atomic E-state index is 12.3. The molecule has 0 bridgehead atoms. The highest BCUT2D eigenvalue weighted by atomic mass is 32.1. The van der Waals surface area contributed by atoms with Gasteiger partial charge in [-0.25, -0.2) is 4.98 Å². The molecule has 0 saturated heterocycles. The zero-order chi connectivity index (χ0) is 13.2. The van der Waals surface area contributed by atoms with Crippen LogP contribution in [-0.4, -0.2) is 21.3 Å². The molecule has 1 unspecified atom stereocenters. The lowest BCUT2D eigenvalue weighted by molar-refractivity contribution is -0.206. The van der Waals surface area contributed by atoms with E-state index in [9.17, 15) is 13.2 Å². The summed E-state index contributed by atoms with van der Waals surface area (Å²) in [7, 11) is 0. The normalized spacial score (nSPS) is 13.6. The van der Waals surface area contributed by atoms with Crippen molar-refractivity contribution in [3.63, 3.8) is 0 Å². The summed E-state index contributed by atoms with van der Waals surface area (Å²) in [5, 5.41) is 10.2. The molecular formula is C11H9F3N2OS. The minimum atomic E-state index is -4.67. The third-order valence-electron chi connectivity index (χ3n) is 2.25. The van der Waals surface area contributed by atoms with E-state index in [1.165, 1.54) is 5.38 Å². The molecule has 0 radical (unpaired) electrons. The van der Waals surface area contributed by atoms with Crippen LogP contribution in [-0.2, 0) is 6.42 Å². The Bertz CT molecular complexity index is 513. The second-order valence-corrected chi connectivity index (χ2v) is 4.54. The average Bonchev–Trinajstić information content (AvgIpc) is 2.76. The van der Waals surface area contributed by atoms with Crippen LogP contribution >= 0.6 is 11.3 Å². The van der Waals surface area contributed by atoms with Crippen molar-refractivity contribution in [3.05, 3.63) is 46.2 Å². The van der Waals surface area contributed by atoms with Crippen LogP contribution in [0.2, 0.25) is 0 Å². The van der Waals surface area contributed by atoms with E-state index >= 15 is 0 Å². The molecule has 18 heavy (non-hydrogen) atoms. The fraction of sp³-hybridized carbons (Fsp3) is 0.273. The number of aliphatic hydroxyl groups excluding tert-OH is 1. The number of thiazole rings is 1. The van der Waals surface area contributed by atoms with Gasteiger partial charge in [0.2, 0.25) is 6.10 Å². The van der Waals surface area contributed by atoms with Gasteiger partial charge in [0.15, 0.2) is 0 Å². The van der Waals surface area contributed by atoms with Crippen LogP contribution in [0, 0.1) is 0 Å². The Balaban J connectivity index is 2.12. The highest BCUT2D eigenvalue weighted by Gasteiger charge is 2.41. The first-order chi connectivity index (χ1) is 8.47. The summed E-state index contributed by atoms with van der Waals surface area (Å²) in [5.74, 6) is 0. The van der Waals surface area contributed by atoms with Gasteiger partial charge in [0.1, 0.15) is 5.01 Å². The molecule has 0 aliphatic carbocycles.